The van der Waals surface area contributed by atoms with Gasteiger partial charge in [-0.05, 0) is 42.7 Å². The van der Waals surface area contributed by atoms with Gasteiger partial charge >= 0.3 is 0 Å². The smallest absolute Gasteiger partial charge is 0.0931 e. The second kappa shape index (κ2) is 5.21. The molecular weight excluding hydrogens is 252 g/mol. The number of aryl methyl sites for hydroxylation is 2. The van der Waals surface area contributed by atoms with Crippen LogP contribution in [0.1, 0.15) is 27.7 Å². The third-order valence-electron chi connectivity index (χ3n) is 2.94. The highest BCUT2D eigenvalue weighted by molar-refractivity contribution is 7.16. The zero-order valence-electron chi connectivity index (χ0n) is 9.90. The van der Waals surface area contributed by atoms with E-state index in [0.717, 1.165) is 14.8 Å². The van der Waals surface area contributed by atoms with Gasteiger partial charge in [0.25, 0.3) is 0 Å². The standard InChI is InChI=1S/C14H15ClOS/c1-9-3-4-11(7-10(9)2)13(16)8-12-5-6-14(15)17-12/h3-7,13,16H,8H2,1-2H3. The van der Waals surface area contributed by atoms with Gasteiger partial charge in [-0.3, -0.25) is 0 Å². The van der Waals surface area contributed by atoms with Gasteiger partial charge in [-0.1, -0.05) is 29.8 Å². The molecule has 0 saturated carbocycles. The Hall–Kier alpha value is -0.830. The van der Waals surface area contributed by atoms with E-state index >= 15 is 0 Å². The second-order valence-electron chi connectivity index (χ2n) is 4.27. The summed E-state index contributed by atoms with van der Waals surface area (Å²) in [6.07, 6.45) is 0.170. The van der Waals surface area contributed by atoms with Crippen molar-refractivity contribution < 1.29 is 5.11 Å². The van der Waals surface area contributed by atoms with E-state index in [1.54, 1.807) is 0 Å². The van der Waals surface area contributed by atoms with Gasteiger partial charge in [-0.25, -0.2) is 0 Å². The van der Waals surface area contributed by atoms with Crippen molar-refractivity contribution in [2.45, 2.75) is 26.4 Å². The SMILES string of the molecule is Cc1ccc(C(O)Cc2ccc(Cl)s2)cc1C. The number of aliphatic hydroxyl groups excluding tert-OH is 1. The zero-order chi connectivity index (χ0) is 12.4. The van der Waals surface area contributed by atoms with Gasteiger partial charge in [0.15, 0.2) is 0 Å². The molecule has 1 heterocycles. The molecule has 0 saturated heterocycles. The summed E-state index contributed by atoms with van der Waals surface area (Å²) in [4.78, 5) is 1.11. The summed E-state index contributed by atoms with van der Waals surface area (Å²) in [5.74, 6) is 0. The molecule has 1 aromatic carbocycles. The molecule has 2 rings (SSSR count). The lowest BCUT2D eigenvalue weighted by molar-refractivity contribution is 0.179. The Balaban J connectivity index is 2.14. The predicted octanol–water partition coefficient (Wildman–Crippen LogP) is 4.29. The summed E-state index contributed by atoms with van der Waals surface area (Å²) in [6, 6.07) is 9.93. The lowest BCUT2D eigenvalue weighted by Gasteiger charge is -2.11. The molecule has 3 heteroatoms. The maximum Gasteiger partial charge on any atom is 0.0931 e. The van der Waals surface area contributed by atoms with Crippen LogP contribution < -0.4 is 0 Å². The summed E-state index contributed by atoms with van der Waals surface area (Å²) < 4.78 is 0.771. The molecule has 0 aliphatic heterocycles. The molecule has 1 N–H and O–H groups in total. The van der Waals surface area contributed by atoms with Crippen molar-refractivity contribution in [1.82, 2.24) is 0 Å². The molecule has 0 aliphatic carbocycles. The highest BCUT2D eigenvalue weighted by Gasteiger charge is 2.10. The van der Waals surface area contributed by atoms with E-state index in [2.05, 4.69) is 26.0 Å². The van der Waals surface area contributed by atoms with E-state index in [4.69, 9.17) is 11.6 Å². The number of rotatable bonds is 3. The van der Waals surface area contributed by atoms with Crippen LogP contribution in [0.15, 0.2) is 30.3 Å². The van der Waals surface area contributed by atoms with E-state index in [1.807, 2.05) is 18.2 Å². The molecule has 0 fully saturated rings. The molecule has 1 atom stereocenters. The van der Waals surface area contributed by atoms with Crippen LogP contribution in [0.25, 0.3) is 0 Å². The number of hydrogen-bond acceptors (Lipinski definition) is 2. The fourth-order valence-electron chi connectivity index (χ4n) is 1.74. The summed E-state index contributed by atoms with van der Waals surface area (Å²) in [6.45, 7) is 4.14. The summed E-state index contributed by atoms with van der Waals surface area (Å²) in [5, 5.41) is 10.2. The fourth-order valence-corrected chi connectivity index (χ4v) is 2.87. The van der Waals surface area contributed by atoms with Crippen molar-refractivity contribution in [3.05, 3.63) is 56.2 Å². The first-order valence-corrected chi connectivity index (χ1v) is 6.75. The third-order valence-corrected chi connectivity index (χ3v) is 4.19. The normalized spacial score (nSPS) is 12.7. The molecule has 17 heavy (non-hydrogen) atoms. The minimum Gasteiger partial charge on any atom is -0.388 e. The van der Waals surface area contributed by atoms with Gasteiger partial charge < -0.3 is 5.11 Å². The van der Waals surface area contributed by atoms with Crippen LogP contribution in [-0.2, 0) is 6.42 Å². The molecule has 0 bridgehead atoms. The summed E-state index contributed by atoms with van der Waals surface area (Å²) in [7, 11) is 0. The lowest BCUT2D eigenvalue weighted by Crippen LogP contribution is -2.01. The average molecular weight is 267 g/mol. The molecule has 1 aromatic heterocycles. The lowest BCUT2D eigenvalue weighted by atomic mass is 10.0. The molecular formula is C14H15ClOS. The van der Waals surface area contributed by atoms with Crippen molar-refractivity contribution >= 4 is 22.9 Å². The van der Waals surface area contributed by atoms with Gasteiger partial charge in [-0.15, -0.1) is 11.3 Å². The Morgan fingerprint density at radius 2 is 1.94 bits per heavy atom. The molecule has 0 radical (unpaired) electrons. The fraction of sp³-hybridized carbons (Fsp3) is 0.286. The second-order valence-corrected chi connectivity index (χ2v) is 6.07. The van der Waals surface area contributed by atoms with Crippen molar-refractivity contribution in [1.29, 1.82) is 0 Å². The van der Waals surface area contributed by atoms with Crippen molar-refractivity contribution in [2.24, 2.45) is 0 Å². The molecule has 0 amide bonds. The van der Waals surface area contributed by atoms with Gasteiger partial charge in [-0.2, -0.15) is 0 Å². The van der Waals surface area contributed by atoms with E-state index in [0.29, 0.717) is 6.42 Å². The maximum atomic E-state index is 10.2. The van der Waals surface area contributed by atoms with Crippen molar-refractivity contribution in [3.63, 3.8) is 0 Å². The number of benzene rings is 1. The summed E-state index contributed by atoms with van der Waals surface area (Å²) >= 11 is 7.40. The number of hydrogen-bond donors (Lipinski definition) is 1. The monoisotopic (exact) mass is 266 g/mol. The van der Waals surface area contributed by atoms with E-state index in [9.17, 15) is 5.11 Å². The molecule has 2 aromatic rings. The van der Waals surface area contributed by atoms with Crippen molar-refractivity contribution in [3.8, 4) is 0 Å². The molecule has 1 unspecified atom stereocenters. The minimum absolute atomic E-state index is 0.455. The Bertz CT molecular complexity index is 519. The van der Waals surface area contributed by atoms with Gasteiger partial charge in [0.05, 0.1) is 10.4 Å². The third kappa shape index (κ3) is 3.09. The number of aliphatic hydroxyl groups is 1. The first-order valence-electron chi connectivity index (χ1n) is 5.55. The van der Waals surface area contributed by atoms with E-state index in [-0.39, 0.29) is 0 Å². The first-order chi connectivity index (χ1) is 8.06. The quantitative estimate of drug-likeness (QED) is 0.878. The molecule has 90 valence electrons. The first kappa shape index (κ1) is 12.6. The highest BCUT2D eigenvalue weighted by Crippen LogP contribution is 2.27. The number of halogens is 1. The predicted molar refractivity (Wildman–Crippen MR) is 73.9 cm³/mol. The van der Waals surface area contributed by atoms with Crippen LogP contribution in [0.3, 0.4) is 0 Å². The van der Waals surface area contributed by atoms with Crippen LogP contribution in [0, 0.1) is 13.8 Å². The maximum absolute atomic E-state index is 10.2. The van der Waals surface area contributed by atoms with Gasteiger partial charge in [0.1, 0.15) is 0 Å². The Labute approximate surface area is 111 Å². The molecule has 0 spiro atoms. The van der Waals surface area contributed by atoms with Crippen LogP contribution in [0.5, 0.6) is 0 Å². The molecule has 1 nitrogen and oxygen atoms in total. The van der Waals surface area contributed by atoms with Crippen LogP contribution in [0.2, 0.25) is 4.34 Å². The van der Waals surface area contributed by atoms with Crippen molar-refractivity contribution in [2.75, 3.05) is 0 Å². The van der Waals surface area contributed by atoms with E-state index < -0.39 is 6.10 Å². The zero-order valence-corrected chi connectivity index (χ0v) is 11.5. The Morgan fingerprint density at radius 1 is 1.18 bits per heavy atom. The Kier molecular flexibility index (Phi) is 3.87. The van der Waals surface area contributed by atoms with Gasteiger partial charge in [0.2, 0.25) is 0 Å². The summed E-state index contributed by atoms with van der Waals surface area (Å²) in [5.41, 5.74) is 3.43. The number of thiophene rings is 1. The average Bonchev–Trinajstić information content (AvgIpc) is 2.68. The molecule has 0 aliphatic rings. The largest absolute Gasteiger partial charge is 0.388 e. The van der Waals surface area contributed by atoms with Gasteiger partial charge in [0, 0.05) is 11.3 Å². The topological polar surface area (TPSA) is 20.2 Å². The van der Waals surface area contributed by atoms with Crippen LogP contribution in [0.4, 0.5) is 0 Å². The van der Waals surface area contributed by atoms with Crippen LogP contribution in [-0.4, -0.2) is 5.11 Å². The van der Waals surface area contributed by atoms with Crippen LogP contribution >= 0.6 is 22.9 Å². The minimum atomic E-state index is -0.455. The highest BCUT2D eigenvalue weighted by atomic mass is 35.5. The Morgan fingerprint density at radius 3 is 2.53 bits per heavy atom. The van der Waals surface area contributed by atoms with E-state index in [1.165, 1.54) is 22.5 Å².